The Labute approximate surface area is 160 Å². The van der Waals surface area contributed by atoms with Gasteiger partial charge in [-0.3, -0.25) is 0 Å². The molecule has 4 rings (SSSR count). The third-order valence-corrected chi connectivity index (χ3v) is 4.76. The summed E-state index contributed by atoms with van der Waals surface area (Å²) in [6, 6.07) is 5.58. The van der Waals surface area contributed by atoms with E-state index >= 15 is 0 Å². The number of rotatable bonds is 4. The van der Waals surface area contributed by atoms with Gasteiger partial charge < -0.3 is 10.7 Å². The van der Waals surface area contributed by atoms with Gasteiger partial charge in [0.1, 0.15) is 10.8 Å². The number of H-pyrrole nitrogens is 1. The van der Waals surface area contributed by atoms with Gasteiger partial charge in [-0.1, -0.05) is 17.7 Å². The summed E-state index contributed by atoms with van der Waals surface area (Å²) in [6.45, 7) is 1.99. The van der Waals surface area contributed by atoms with Gasteiger partial charge in [-0.25, -0.2) is 19.3 Å². The van der Waals surface area contributed by atoms with Crippen molar-refractivity contribution >= 4 is 28.5 Å². The van der Waals surface area contributed by atoms with E-state index in [1.165, 1.54) is 0 Å². The molecule has 0 radical (unpaired) electrons. The highest BCUT2D eigenvalue weighted by Gasteiger charge is 2.16. The van der Waals surface area contributed by atoms with Crippen LogP contribution < -0.4 is 5.73 Å². The maximum absolute atomic E-state index is 14.8. The summed E-state index contributed by atoms with van der Waals surface area (Å²) in [5.74, 6) is -0.594. The quantitative estimate of drug-likeness (QED) is 0.519. The minimum atomic E-state index is -0.489. The van der Waals surface area contributed by atoms with Crippen molar-refractivity contribution in [1.29, 1.82) is 0 Å². The van der Waals surface area contributed by atoms with Crippen molar-refractivity contribution in [1.82, 2.24) is 19.9 Å². The number of hydrogen-bond donors (Lipinski definition) is 2. The van der Waals surface area contributed by atoms with Crippen LogP contribution in [-0.4, -0.2) is 19.9 Å². The zero-order valence-electron chi connectivity index (χ0n) is 14.6. The number of halogens is 2. The molecule has 27 heavy (non-hydrogen) atoms. The third-order valence-electron chi connectivity index (χ3n) is 4.54. The highest BCUT2D eigenvalue weighted by molar-refractivity contribution is 6.29. The predicted molar refractivity (Wildman–Crippen MR) is 104 cm³/mol. The molecule has 0 aliphatic carbocycles. The number of anilines is 1. The Morgan fingerprint density at radius 3 is 2.70 bits per heavy atom. The van der Waals surface area contributed by atoms with Crippen LogP contribution in [0.3, 0.4) is 0 Å². The molecule has 0 amide bonds. The molecule has 0 spiro atoms. The lowest BCUT2D eigenvalue weighted by Gasteiger charge is -2.12. The highest BCUT2D eigenvalue weighted by Crippen LogP contribution is 2.26. The highest BCUT2D eigenvalue weighted by atomic mass is 35.5. The standard InChI is InChI=1S/C20H17ClFN5/c1-11-4-16-14(10-27-20(16)26-7-11)6-13-9-25-19(23)18(22)15(13)5-12-2-3-17(21)24-8-12/h2-4,7-10H,5-6H2,1H3,(H2,23,25)(H,26,27). The van der Waals surface area contributed by atoms with Gasteiger partial charge in [-0.05, 0) is 41.3 Å². The van der Waals surface area contributed by atoms with Crippen molar-refractivity contribution in [3.8, 4) is 0 Å². The molecule has 136 valence electrons. The average Bonchev–Trinajstić information content (AvgIpc) is 3.05. The largest absolute Gasteiger partial charge is 0.381 e. The van der Waals surface area contributed by atoms with E-state index in [2.05, 4.69) is 26.0 Å². The normalized spacial score (nSPS) is 11.2. The van der Waals surface area contributed by atoms with Crippen molar-refractivity contribution in [3.05, 3.63) is 81.8 Å². The molecule has 5 nitrogen and oxygen atoms in total. The number of pyridine rings is 3. The molecule has 7 heteroatoms. The maximum Gasteiger partial charge on any atom is 0.169 e. The number of nitrogens with two attached hydrogens (primary N) is 1. The zero-order chi connectivity index (χ0) is 19.0. The van der Waals surface area contributed by atoms with Gasteiger partial charge in [0.2, 0.25) is 0 Å². The topological polar surface area (TPSA) is 80.5 Å². The first kappa shape index (κ1) is 17.4. The first-order valence-electron chi connectivity index (χ1n) is 8.46. The monoisotopic (exact) mass is 381 g/mol. The van der Waals surface area contributed by atoms with Crippen molar-refractivity contribution in [3.63, 3.8) is 0 Å². The van der Waals surface area contributed by atoms with E-state index in [-0.39, 0.29) is 5.82 Å². The van der Waals surface area contributed by atoms with Crippen molar-refractivity contribution in [2.75, 3.05) is 5.73 Å². The number of aromatic amines is 1. The maximum atomic E-state index is 14.8. The Bertz CT molecular complexity index is 1120. The van der Waals surface area contributed by atoms with E-state index in [0.29, 0.717) is 23.6 Å². The van der Waals surface area contributed by atoms with Crippen LogP contribution in [0, 0.1) is 12.7 Å². The SMILES string of the molecule is Cc1cnc2[nH]cc(Cc3cnc(N)c(F)c3Cc3ccc(Cl)nc3)c2c1. The van der Waals surface area contributed by atoms with Crippen LogP contribution in [0.2, 0.25) is 5.15 Å². The fourth-order valence-corrected chi connectivity index (χ4v) is 3.26. The first-order valence-corrected chi connectivity index (χ1v) is 8.84. The number of aromatic nitrogens is 4. The van der Waals surface area contributed by atoms with Crippen molar-refractivity contribution in [2.24, 2.45) is 0 Å². The molecule has 0 aliphatic rings. The summed E-state index contributed by atoms with van der Waals surface area (Å²) in [5, 5.41) is 1.42. The number of nitrogens with one attached hydrogen (secondary N) is 1. The van der Waals surface area contributed by atoms with Crippen LogP contribution >= 0.6 is 11.6 Å². The van der Waals surface area contributed by atoms with Crippen molar-refractivity contribution < 1.29 is 4.39 Å². The van der Waals surface area contributed by atoms with Gasteiger partial charge >= 0.3 is 0 Å². The van der Waals surface area contributed by atoms with Gasteiger partial charge in [0.25, 0.3) is 0 Å². The molecule has 0 fully saturated rings. The van der Waals surface area contributed by atoms with Gasteiger partial charge in [-0.2, -0.15) is 0 Å². The molecule has 0 atom stereocenters. The fraction of sp³-hybridized carbons (Fsp3) is 0.150. The van der Waals surface area contributed by atoms with Gasteiger partial charge in [0.15, 0.2) is 11.6 Å². The van der Waals surface area contributed by atoms with Crippen LogP contribution in [0.4, 0.5) is 10.2 Å². The molecule has 3 N–H and O–H groups in total. The summed E-state index contributed by atoms with van der Waals surface area (Å²) in [6.07, 6.45) is 7.87. The van der Waals surface area contributed by atoms with Crippen LogP contribution in [0.1, 0.15) is 27.8 Å². The Hall–Kier alpha value is -2.99. The van der Waals surface area contributed by atoms with Crippen LogP contribution in [0.5, 0.6) is 0 Å². The number of nitrogens with zero attached hydrogens (tertiary/aromatic N) is 3. The summed E-state index contributed by atoms with van der Waals surface area (Å²) in [7, 11) is 0. The summed E-state index contributed by atoms with van der Waals surface area (Å²) in [4.78, 5) is 15.6. The van der Waals surface area contributed by atoms with Gasteiger partial charge in [-0.15, -0.1) is 0 Å². The van der Waals surface area contributed by atoms with Crippen LogP contribution in [0.15, 0.2) is 43.0 Å². The van der Waals surface area contributed by atoms with Gasteiger partial charge in [0.05, 0.1) is 0 Å². The molecule has 4 heterocycles. The van der Waals surface area contributed by atoms with E-state index < -0.39 is 5.82 Å². The third kappa shape index (κ3) is 3.48. The lowest BCUT2D eigenvalue weighted by Crippen LogP contribution is -2.06. The minimum absolute atomic E-state index is 0.105. The second kappa shape index (κ2) is 6.96. The number of hydrogen-bond acceptors (Lipinski definition) is 4. The molecular weight excluding hydrogens is 365 g/mol. The number of aryl methyl sites for hydroxylation is 1. The fourth-order valence-electron chi connectivity index (χ4n) is 3.15. The molecule has 0 bridgehead atoms. The Kier molecular flexibility index (Phi) is 4.49. The van der Waals surface area contributed by atoms with E-state index in [1.807, 2.05) is 25.4 Å². The zero-order valence-corrected chi connectivity index (χ0v) is 15.4. The van der Waals surface area contributed by atoms with Crippen molar-refractivity contribution in [2.45, 2.75) is 19.8 Å². The molecular formula is C20H17ClFN5. The summed E-state index contributed by atoms with van der Waals surface area (Å²) in [5.41, 5.74) is 10.8. The molecule has 0 unspecified atom stereocenters. The molecule has 0 aromatic carbocycles. The second-order valence-corrected chi connectivity index (χ2v) is 6.91. The predicted octanol–water partition coefficient (Wildman–Crippen LogP) is 4.22. The molecule has 0 saturated carbocycles. The molecule has 0 aliphatic heterocycles. The molecule has 4 aromatic rings. The van der Waals surface area contributed by atoms with E-state index in [1.54, 1.807) is 18.5 Å². The number of fused-ring (bicyclic) bond motifs is 1. The summed E-state index contributed by atoms with van der Waals surface area (Å²) < 4.78 is 14.8. The number of nitrogen functional groups attached to an aromatic ring is 1. The lowest BCUT2D eigenvalue weighted by atomic mass is 9.96. The smallest absolute Gasteiger partial charge is 0.169 e. The van der Waals surface area contributed by atoms with E-state index in [4.69, 9.17) is 17.3 Å². The summed E-state index contributed by atoms with van der Waals surface area (Å²) >= 11 is 5.84. The second-order valence-electron chi connectivity index (χ2n) is 6.53. The Morgan fingerprint density at radius 2 is 1.93 bits per heavy atom. The van der Waals surface area contributed by atoms with Crippen LogP contribution in [-0.2, 0) is 12.8 Å². The Morgan fingerprint density at radius 1 is 1.07 bits per heavy atom. The Balaban J connectivity index is 1.74. The molecule has 4 aromatic heterocycles. The van der Waals surface area contributed by atoms with Crippen LogP contribution in [0.25, 0.3) is 11.0 Å². The van der Waals surface area contributed by atoms with E-state index in [9.17, 15) is 4.39 Å². The molecule has 0 saturated heterocycles. The van der Waals surface area contributed by atoms with E-state index in [0.717, 1.165) is 33.3 Å². The average molecular weight is 382 g/mol. The lowest BCUT2D eigenvalue weighted by molar-refractivity contribution is 0.610. The minimum Gasteiger partial charge on any atom is -0.381 e. The van der Waals surface area contributed by atoms with Gasteiger partial charge in [0, 0.05) is 48.6 Å². The first-order chi connectivity index (χ1) is 13.0.